The molecule has 2 nitrogen and oxygen atoms in total. The summed E-state index contributed by atoms with van der Waals surface area (Å²) < 4.78 is 4.25. The van der Waals surface area contributed by atoms with Gasteiger partial charge in [0.05, 0.1) is 0 Å². The highest BCUT2D eigenvalue weighted by molar-refractivity contribution is 5.97. The Kier molecular flexibility index (Phi) is 16.2. The Hall–Kier alpha value is -0.630. The maximum absolute atomic E-state index is 12.4. The lowest BCUT2D eigenvalue weighted by atomic mass is 9.47. The summed E-state index contributed by atoms with van der Waals surface area (Å²) in [6, 6.07) is 0. The van der Waals surface area contributed by atoms with Crippen molar-refractivity contribution in [2.45, 2.75) is 100 Å². The summed E-state index contributed by atoms with van der Waals surface area (Å²) in [6.07, 6.45) is 8.70. The predicted octanol–water partition coefficient (Wildman–Crippen LogP) is 7.72. The van der Waals surface area contributed by atoms with Crippen LogP contribution in [0.15, 0.2) is 12.2 Å². The second-order valence-corrected chi connectivity index (χ2v) is 7.69. The average Bonchev–Trinajstić information content (AvgIpc) is 2.70. The molecule has 0 aromatic carbocycles. The molecule has 0 aromatic heterocycles. The SMILES string of the molecule is C=C1CCC2C(CCC3[C@@H](C)CCCC23C)C1=O.CC.CC.CC.COC. The monoisotopic (exact) mass is 382 g/mol. The van der Waals surface area contributed by atoms with Crippen molar-refractivity contribution in [1.82, 2.24) is 0 Å². The van der Waals surface area contributed by atoms with Crippen LogP contribution in [0.3, 0.4) is 0 Å². The van der Waals surface area contributed by atoms with Crippen LogP contribution in [0.5, 0.6) is 0 Å². The maximum atomic E-state index is 12.4. The largest absolute Gasteiger partial charge is 0.388 e. The molecule has 0 amide bonds. The fourth-order valence-corrected chi connectivity index (χ4v) is 5.50. The molecule has 4 unspecified atom stereocenters. The highest BCUT2D eigenvalue weighted by Crippen LogP contribution is 2.59. The van der Waals surface area contributed by atoms with E-state index >= 15 is 0 Å². The predicted molar refractivity (Wildman–Crippen MR) is 121 cm³/mol. The number of hydrogen-bond donors (Lipinski definition) is 0. The van der Waals surface area contributed by atoms with Gasteiger partial charge in [0.15, 0.2) is 5.78 Å². The molecular formula is C25H50O2. The molecule has 0 N–H and O–H groups in total. The van der Waals surface area contributed by atoms with Gasteiger partial charge in [-0.2, -0.15) is 0 Å². The van der Waals surface area contributed by atoms with E-state index in [1.807, 2.05) is 41.5 Å². The summed E-state index contributed by atoms with van der Waals surface area (Å²) in [5, 5.41) is 0. The van der Waals surface area contributed by atoms with Crippen molar-refractivity contribution in [1.29, 1.82) is 0 Å². The summed E-state index contributed by atoms with van der Waals surface area (Å²) in [7, 11) is 3.25. The molecule has 0 spiro atoms. The Morgan fingerprint density at radius 1 is 0.926 bits per heavy atom. The topological polar surface area (TPSA) is 26.3 Å². The van der Waals surface area contributed by atoms with Gasteiger partial charge in [0, 0.05) is 20.1 Å². The first-order chi connectivity index (χ1) is 13.0. The van der Waals surface area contributed by atoms with E-state index in [-0.39, 0.29) is 0 Å². The molecule has 162 valence electrons. The van der Waals surface area contributed by atoms with E-state index in [4.69, 9.17) is 0 Å². The number of ketones is 1. The molecule has 3 aliphatic rings. The van der Waals surface area contributed by atoms with E-state index in [1.54, 1.807) is 14.2 Å². The van der Waals surface area contributed by atoms with E-state index in [0.29, 0.717) is 23.0 Å². The average molecular weight is 383 g/mol. The number of hydrogen-bond acceptors (Lipinski definition) is 2. The van der Waals surface area contributed by atoms with Crippen molar-refractivity contribution in [3.05, 3.63) is 12.2 Å². The van der Waals surface area contributed by atoms with Crippen molar-refractivity contribution in [2.75, 3.05) is 14.2 Å². The standard InChI is InChI=1S/C17H26O.C2H6O.3C2H6/c1-11-5-4-10-17(3)14(11)9-7-13-15(17)8-6-12(2)16(13)18;1-3-2;3*1-2/h11,13-15H,2,4-10H2,1,3H3;1-2H3;3*1-2H3/t11-,13?,14?,15?,17?;;;;/m0..../s1. The molecule has 3 saturated carbocycles. The molecule has 0 aliphatic heterocycles. The summed E-state index contributed by atoms with van der Waals surface area (Å²) >= 11 is 0. The van der Waals surface area contributed by atoms with E-state index in [0.717, 1.165) is 30.3 Å². The first-order valence-corrected chi connectivity index (χ1v) is 11.6. The minimum absolute atomic E-state index is 0.317. The fraction of sp³-hybridized carbons (Fsp3) is 0.880. The first kappa shape index (κ1) is 28.6. The van der Waals surface area contributed by atoms with Gasteiger partial charge >= 0.3 is 0 Å². The second-order valence-electron chi connectivity index (χ2n) is 7.69. The summed E-state index contributed by atoms with van der Waals surface area (Å²) in [6.45, 7) is 20.9. The molecule has 5 atom stereocenters. The van der Waals surface area contributed by atoms with E-state index in [1.165, 1.54) is 32.1 Å². The lowest BCUT2D eigenvalue weighted by Gasteiger charge is -2.57. The Bertz CT molecular complexity index is 401. The Labute approximate surface area is 171 Å². The van der Waals surface area contributed by atoms with Crippen LogP contribution in [0, 0.1) is 29.1 Å². The van der Waals surface area contributed by atoms with Gasteiger partial charge in [-0.1, -0.05) is 74.8 Å². The van der Waals surface area contributed by atoms with E-state index in [2.05, 4.69) is 25.2 Å². The van der Waals surface area contributed by atoms with Gasteiger partial charge in [-0.25, -0.2) is 0 Å². The number of Topliss-reactive ketones (excluding diaryl/α,β-unsaturated/α-hetero) is 1. The van der Waals surface area contributed by atoms with Crippen molar-refractivity contribution >= 4 is 5.78 Å². The highest BCUT2D eigenvalue weighted by atomic mass is 16.4. The molecule has 3 rings (SSSR count). The van der Waals surface area contributed by atoms with Crippen LogP contribution >= 0.6 is 0 Å². The minimum atomic E-state index is 0.317. The molecule has 0 radical (unpaired) electrons. The zero-order chi connectivity index (χ0) is 21.6. The number of ether oxygens (including phenoxy) is 1. The maximum Gasteiger partial charge on any atom is 0.161 e. The third-order valence-electron chi connectivity index (χ3n) is 6.47. The van der Waals surface area contributed by atoms with Crippen LogP contribution in [0.1, 0.15) is 100 Å². The van der Waals surface area contributed by atoms with Crippen molar-refractivity contribution < 1.29 is 9.53 Å². The Balaban J connectivity index is 0. The summed E-state index contributed by atoms with van der Waals surface area (Å²) in [5.41, 5.74) is 1.35. The third kappa shape index (κ3) is 7.04. The molecule has 0 bridgehead atoms. The van der Waals surface area contributed by atoms with E-state index < -0.39 is 0 Å². The van der Waals surface area contributed by atoms with Crippen LogP contribution in [0.2, 0.25) is 0 Å². The number of fused-ring (bicyclic) bond motifs is 3. The van der Waals surface area contributed by atoms with Gasteiger partial charge < -0.3 is 4.74 Å². The lowest BCUT2D eigenvalue weighted by Crippen LogP contribution is -2.51. The zero-order valence-electron chi connectivity index (χ0n) is 20.3. The summed E-state index contributed by atoms with van der Waals surface area (Å²) in [5.74, 6) is 3.11. The molecule has 3 fully saturated rings. The zero-order valence-corrected chi connectivity index (χ0v) is 20.3. The molecule has 0 saturated heterocycles. The summed E-state index contributed by atoms with van der Waals surface area (Å²) in [4.78, 5) is 12.4. The number of carbonyl (C=O) groups excluding carboxylic acids is 1. The van der Waals surface area contributed by atoms with Crippen LogP contribution in [-0.2, 0) is 9.53 Å². The van der Waals surface area contributed by atoms with Crippen molar-refractivity contribution in [3.63, 3.8) is 0 Å². The number of allylic oxidation sites excluding steroid dienone is 1. The van der Waals surface area contributed by atoms with Crippen LogP contribution < -0.4 is 0 Å². The number of carbonyl (C=O) groups is 1. The quantitative estimate of drug-likeness (QED) is 0.401. The first-order valence-electron chi connectivity index (χ1n) is 11.6. The third-order valence-corrected chi connectivity index (χ3v) is 6.47. The van der Waals surface area contributed by atoms with Gasteiger partial charge in [-0.3, -0.25) is 4.79 Å². The van der Waals surface area contributed by atoms with Crippen LogP contribution in [0.25, 0.3) is 0 Å². The molecule has 2 heteroatoms. The minimum Gasteiger partial charge on any atom is -0.388 e. The Morgan fingerprint density at radius 3 is 1.96 bits per heavy atom. The number of rotatable bonds is 0. The molecule has 27 heavy (non-hydrogen) atoms. The number of methoxy groups -OCH3 is 1. The molecule has 3 aliphatic carbocycles. The lowest BCUT2D eigenvalue weighted by molar-refractivity contribution is -0.134. The Morgan fingerprint density at radius 2 is 1.44 bits per heavy atom. The fourth-order valence-electron chi connectivity index (χ4n) is 5.50. The van der Waals surface area contributed by atoms with Crippen molar-refractivity contribution in [3.8, 4) is 0 Å². The highest BCUT2D eigenvalue weighted by Gasteiger charge is 2.53. The van der Waals surface area contributed by atoms with Gasteiger partial charge in [-0.15, -0.1) is 0 Å². The molecule has 0 heterocycles. The van der Waals surface area contributed by atoms with Crippen LogP contribution in [0.4, 0.5) is 0 Å². The van der Waals surface area contributed by atoms with Gasteiger partial charge in [0.25, 0.3) is 0 Å². The van der Waals surface area contributed by atoms with E-state index in [9.17, 15) is 4.79 Å². The van der Waals surface area contributed by atoms with Gasteiger partial charge in [-0.05, 0) is 60.8 Å². The smallest absolute Gasteiger partial charge is 0.161 e. The van der Waals surface area contributed by atoms with Crippen molar-refractivity contribution in [2.24, 2.45) is 29.1 Å². The van der Waals surface area contributed by atoms with Crippen LogP contribution in [-0.4, -0.2) is 20.0 Å². The second kappa shape index (κ2) is 15.3. The van der Waals surface area contributed by atoms with Gasteiger partial charge in [0.1, 0.15) is 0 Å². The molecule has 0 aromatic rings. The normalized spacial score (nSPS) is 33.7. The molecular weight excluding hydrogens is 332 g/mol. The van der Waals surface area contributed by atoms with Gasteiger partial charge in [0.2, 0.25) is 0 Å².